The molecule has 8 heteroatoms. The maximum Gasteiger partial charge on any atom is 0.347 e. The summed E-state index contributed by atoms with van der Waals surface area (Å²) in [4.78, 5) is 22.7. The Morgan fingerprint density at radius 3 is 2.05 bits per heavy atom. The van der Waals surface area contributed by atoms with Crippen LogP contribution in [0.4, 0.5) is 0 Å². The molecule has 7 nitrogen and oxygen atoms in total. The summed E-state index contributed by atoms with van der Waals surface area (Å²) in [7, 11) is 0. The Morgan fingerprint density at radius 1 is 1.00 bits per heavy atom. The number of hydrogen-bond donors (Lipinski definition) is 1. The maximum atomic E-state index is 11.5. The average Bonchev–Trinajstić information content (AvgIpc) is 3.46. The SMILES string of the molecule is Cc1nc(CN(Cc2cc(C)c(OC(C)(C)C(=O)O)c(C)c2)Cc2nccs2)c(C)o1.c1ccccc1. The summed E-state index contributed by atoms with van der Waals surface area (Å²) >= 11 is 1.63. The van der Waals surface area contributed by atoms with Crippen LogP contribution in [0.5, 0.6) is 5.75 Å². The second-order valence-electron chi connectivity index (χ2n) is 9.44. The number of thiazole rings is 1. The van der Waals surface area contributed by atoms with Gasteiger partial charge < -0.3 is 14.3 Å². The van der Waals surface area contributed by atoms with Gasteiger partial charge in [0.25, 0.3) is 0 Å². The van der Waals surface area contributed by atoms with E-state index in [1.807, 2.05) is 75.7 Å². The number of carboxylic acids is 1. The minimum absolute atomic E-state index is 0.616. The highest BCUT2D eigenvalue weighted by molar-refractivity contribution is 7.09. The number of ether oxygens (including phenoxy) is 1. The number of aliphatic carboxylic acids is 1. The quantitative estimate of drug-likeness (QED) is 0.269. The molecule has 0 spiro atoms. The average molecular weight is 522 g/mol. The summed E-state index contributed by atoms with van der Waals surface area (Å²) in [5.41, 5.74) is 2.56. The number of aromatic nitrogens is 2. The van der Waals surface area contributed by atoms with Gasteiger partial charge in [-0.25, -0.2) is 14.8 Å². The van der Waals surface area contributed by atoms with E-state index in [0.29, 0.717) is 31.3 Å². The molecule has 37 heavy (non-hydrogen) atoms. The van der Waals surface area contributed by atoms with Gasteiger partial charge in [0.1, 0.15) is 16.5 Å². The van der Waals surface area contributed by atoms with Crippen LogP contribution < -0.4 is 4.74 Å². The van der Waals surface area contributed by atoms with Crippen LogP contribution in [0.25, 0.3) is 0 Å². The Kier molecular flexibility index (Phi) is 9.60. The van der Waals surface area contributed by atoms with E-state index in [4.69, 9.17) is 9.15 Å². The lowest BCUT2D eigenvalue weighted by atomic mass is 10.0. The molecule has 0 aliphatic rings. The fourth-order valence-corrected chi connectivity index (χ4v) is 4.51. The first-order valence-corrected chi connectivity index (χ1v) is 13.0. The van der Waals surface area contributed by atoms with E-state index in [-0.39, 0.29) is 0 Å². The molecule has 4 rings (SSSR count). The van der Waals surface area contributed by atoms with Crippen molar-refractivity contribution < 1.29 is 19.1 Å². The van der Waals surface area contributed by atoms with Gasteiger partial charge in [-0.1, -0.05) is 48.5 Å². The van der Waals surface area contributed by atoms with Crippen LogP contribution in [-0.4, -0.2) is 31.5 Å². The number of hydrogen-bond acceptors (Lipinski definition) is 7. The van der Waals surface area contributed by atoms with Crippen LogP contribution in [0, 0.1) is 27.7 Å². The van der Waals surface area contributed by atoms with Crippen LogP contribution in [0.1, 0.15) is 52.9 Å². The third kappa shape index (κ3) is 8.27. The van der Waals surface area contributed by atoms with Gasteiger partial charge in [-0.15, -0.1) is 11.3 Å². The third-order valence-electron chi connectivity index (χ3n) is 5.68. The highest BCUT2D eigenvalue weighted by Crippen LogP contribution is 2.30. The Bertz CT molecular complexity index is 1230. The minimum atomic E-state index is -1.30. The summed E-state index contributed by atoms with van der Waals surface area (Å²) in [6.07, 6.45) is 1.81. The lowest BCUT2D eigenvalue weighted by molar-refractivity contribution is -0.152. The number of benzene rings is 2. The molecule has 2 aromatic carbocycles. The molecule has 2 aromatic heterocycles. The van der Waals surface area contributed by atoms with Crippen molar-refractivity contribution in [3.8, 4) is 5.75 Å². The molecule has 0 radical (unpaired) electrons. The van der Waals surface area contributed by atoms with Crippen molar-refractivity contribution in [1.82, 2.24) is 14.9 Å². The van der Waals surface area contributed by atoms with Gasteiger partial charge in [-0.3, -0.25) is 4.90 Å². The molecule has 0 fully saturated rings. The van der Waals surface area contributed by atoms with Crippen LogP contribution in [0.15, 0.2) is 64.5 Å². The highest BCUT2D eigenvalue weighted by Gasteiger charge is 2.30. The molecule has 4 aromatic rings. The van der Waals surface area contributed by atoms with E-state index in [0.717, 1.165) is 33.2 Å². The molecule has 0 saturated heterocycles. The summed E-state index contributed by atoms with van der Waals surface area (Å²) in [6.45, 7) is 12.8. The van der Waals surface area contributed by atoms with E-state index < -0.39 is 11.6 Å². The fraction of sp³-hybridized carbons (Fsp3) is 0.345. The van der Waals surface area contributed by atoms with E-state index in [1.165, 1.54) is 0 Å². The molecule has 0 aliphatic carbocycles. The Labute approximate surface area is 222 Å². The first kappa shape index (κ1) is 28.1. The first-order chi connectivity index (χ1) is 17.5. The second kappa shape index (κ2) is 12.7. The lowest BCUT2D eigenvalue weighted by Crippen LogP contribution is -2.38. The number of oxazole rings is 1. The molecular formula is C29H35N3O4S. The predicted molar refractivity (Wildman–Crippen MR) is 146 cm³/mol. The fourth-order valence-electron chi connectivity index (χ4n) is 3.85. The van der Waals surface area contributed by atoms with Crippen LogP contribution >= 0.6 is 11.3 Å². The molecule has 0 amide bonds. The van der Waals surface area contributed by atoms with Gasteiger partial charge in [0.2, 0.25) is 0 Å². The molecule has 0 saturated carbocycles. The summed E-state index contributed by atoms with van der Waals surface area (Å²) in [6, 6.07) is 16.1. The molecule has 0 atom stereocenters. The van der Waals surface area contributed by atoms with Crippen LogP contribution in [0.3, 0.4) is 0 Å². The van der Waals surface area contributed by atoms with Crippen molar-refractivity contribution in [3.05, 3.63) is 99.2 Å². The van der Waals surface area contributed by atoms with Crippen molar-refractivity contribution >= 4 is 17.3 Å². The Morgan fingerprint density at radius 2 is 1.59 bits per heavy atom. The minimum Gasteiger partial charge on any atom is -0.478 e. The zero-order valence-electron chi connectivity index (χ0n) is 22.3. The van der Waals surface area contributed by atoms with Crippen molar-refractivity contribution in [2.45, 2.75) is 66.8 Å². The van der Waals surface area contributed by atoms with Gasteiger partial charge in [0.15, 0.2) is 11.5 Å². The lowest BCUT2D eigenvalue weighted by Gasteiger charge is -2.25. The largest absolute Gasteiger partial charge is 0.478 e. The number of nitrogens with zero attached hydrogens (tertiary/aromatic N) is 3. The molecular weight excluding hydrogens is 486 g/mol. The number of aryl methyl sites for hydroxylation is 4. The second-order valence-corrected chi connectivity index (χ2v) is 10.4. The van der Waals surface area contributed by atoms with E-state index in [2.05, 4.69) is 27.0 Å². The van der Waals surface area contributed by atoms with Crippen molar-refractivity contribution in [1.29, 1.82) is 0 Å². The van der Waals surface area contributed by atoms with Crippen LogP contribution in [0.2, 0.25) is 0 Å². The van der Waals surface area contributed by atoms with Gasteiger partial charge in [-0.2, -0.15) is 0 Å². The Hall–Kier alpha value is -3.49. The number of carboxylic acid groups (broad SMARTS) is 1. The molecule has 1 N–H and O–H groups in total. The molecule has 196 valence electrons. The number of rotatable bonds is 9. The van der Waals surface area contributed by atoms with Gasteiger partial charge >= 0.3 is 5.97 Å². The molecule has 2 heterocycles. The highest BCUT2D eigenvalue weighted by atomic mass is 32.1. The zero-order valence-corrected chi connectivity index (χ0v) is 23.1. The number of carbonyl (C=O) groups is 1. The maximum absolute atomic E-state index is 11.5. The molecule has 0 unspecified atom stereocenters. The summed E-state index contributed by atoms with van der Waals surface area (Å²) < 4.78 is 11.4. The van der Waals surface area contributed by atoms with Gasteiger partial charge in [-0.05, 0) is 51.3 Å². The zero-order chi connectivity index (χ0) is 27.0. The van der Waals surface area contributed by atoms with Crippen molar-refractivity contribution in [2.24, 2.45) is 0 Å². The Balaban J connectivity index is 0.000000555. The van der Waals surface area contributed by atoms with Gasteiger partial charge in [0.05, 0.1) is 12.2 Å². The molecule has 0 aliphatic heterocycles. The summed E-state index contributed by atoms with van der Waals surface area (Å²) in [5, 5.41) is 12.4. The topological polar surface area (TPSA) is 88.7 Å². The van der Waals surface area contributed by atoms with Crippen LogP contribution in [-0.2, 0) is 24.4 Å². The standard InChI is InChI=1S/C23H29N3O4S.C6H6/c1-14-9-18(10-15(2)21(14)30-23(5,6)22(27)28)11-26(13-20-24-7-8-31-20)12-19-16(3)29-17(4)25-19;1-2-4-6-5-3-1/h7-10H,11-13H2,1-6H3,(H,27,28);1-6H. The van der Waals surface area contributed by atoms with E-state index >= 15 is 0 Å². The van der Waals surface area contributed by atoms with E-state index in [9.17, 15) is 9.90 Å². The first-order valence-electron chi connectivity index (χ1n) is 12.1. The third-order valence-corrected chi connectivity index (χ3v) is 6.44. The van der Waals surface area contributed by atoms with Gasteiger partial charge in [0, 0.05) is 31.6 Å². The van der Waals surface area contributed by atoms with Crippen molar-refractivity contribution in [2.75, 3.05) is 0 Å². The monoisotopic (exact) mass is 521 g/mol. The summed E-state index contributed by atoms with van der Waals surface area (Å²) in [5.74, 6) is 1.11. The predicted octanol–water partition coefficient (Wildman–Crippen LogP) is 6.50. The van der Waals surface area contributed by atoms with Crippen molar-refractivity contribution in [3.63, 3.8) is 0 Å². The molecule has 0 bridgehead atoms. The normalized spacial score (nSPS) is 11.2. The smallest absolute Gasteiger partial charge is 0.347 e. The van der Waals surface area contributed by atoms with E-state index in [1.54, 1.807) is 25.2 Å².